The molecule has 6 nitrogen and oxygen atoms in total. The molecule has 2 aromatic carbocycles. The maximum absolute atomic E-state index is 13.7. The summed E-state index contributed by atoms with van der Waals surface area (Å²) in [6.07, 6.45) is 5.80. The predicted molar refractivity (Wildman–Crippen MR) is 126 cm³/mol. The van der Waals surface area contributed by atoms with Crippen LogP contribution < -0.4 is 0 Å². The van der Waals surface area contributed by atoms with E-state index in [-0.39, 0.29) is 22.8 Å². The van der Waals surface area contributed by atoms with E-state index in [1.165, 1.54) is 24.0 Å². The van der Waals surface area contributed by atoms with E-state index in [1.54, 1.807) is 6.33 Å². The second-order valence-electron chi connectivity index (χ2n) is 11.0. The fraction of sp³-hybridized carbons (Fsp3) is 0.444. The molecular formula is C27H28N4O2. The van der Waals surface area contributed by atoms with Gasteiger partial charge < -0.3 is 14.3 Å². The Morgan fingerprint density at radius 2 is 2.00 bits per heavy atom. The van der Waals surface area contributed by atoms with Crippen LogP contribution in [0.3, 0.4) is 0 Å². The number of aromatic amines is 1. The number of hydrogen-bond donors (Lipinski definition) is 1. The highest BCUT2D eigenvalue weighted by molar-refractivity contribution is 5.97. The van der Waals surface area contributed by atoms with Gasteiger partial charge in [0.15, 0.2) is 11.5 Å². The summed E-state index contributed by atoms with van der Waals surface area (Å²) in [4.78, 5) is 28.1. The molecule has 4 aromatic rings. The average Bonchev–Trinajstić information content (AvgIpc) is 3.38. The molecule has 6 heteroatoms. The lowest BCUT2D eigenvalue weighted by molar-refractivity contribution is -0.0261. The first-order valence-corrected chi connectivity index (χ1v) is 12.0. The lowest BCUT2D eigenvalue weighted by atomic mass is 9.51. The van der Waals surface area contributed by atoms with Crippen molar-refractivity contribution < 1.29 is 9.21 Å². The van der Waals surface area contributed by atoms with Crippen LogP contribution in [-0.4, -0.2) is 38.3 Å². The maximum atomic E-state index is 13.7. The Labute approximate surface area is 192 Å². The van der Waals surface area contributed by atoms with Gasteiger partial charge in [0.1, 0.15) is 5.52 Å². The molecule has 7 rings (SSSR count). The van der Waals surface area contributed by atoms with E-state index in [4.69, 9.17) is 9.40 Å². The smallest absolute Gasteiger partial charge is 0.254 e. The van der Waals surface area contributed by atoms with E-state index in [1.807, 2.05) is 18.2 Å². The standard InChI is InChI=1S/C27H28N4O2/c1-26(2)23-12-17-11-22-21(30-24(33-22)15-4-5-15)13-18(17)27(26,3)8-9-31(23)25(32)16-6-7-19-20(10-16)29-14-28-19/h6-7,10-11,13-15,23H,4-5,8-9,12H2,1-3H3,(H,28,29)/t23-,27+/m1/s1. The number of piperidine rings is 1. The van der Waals surface area contributed by atoms with Crippen molar-refractivity contribution in [2.24, 2.45) is 5.41 Å². The predicted octanol–water partition coefficient (Wildman–Crippen LogP) is 5.34. The Hall–Kier alpha value is -3.15. The highest BCUT2D eigenvalue weighted by atomic mass is 16.3. The van der Waals surface area contributed by atoms with Gasteiger partial charge in [0.2, 0.25) is 0 Å². The van der Waals surface area contributed by atoms with Gasteiger partial charge >= 0.3 is 0 Å². The highest BCUT2D eigenvalue weighted by Crippen LogP contribution is 2.57. The monoisotopic (exact) mass is 440 g/mol. The number of carbonyl (C=O) groups excluding carboxylic acids is 1. The molecule has 2 aliphatic carbocycles. The Balaban J connectivity index is 1.31. The van der Waals surface area contributed by atoms with E-state index < -0.39 is 0 Å². The number of carbonyl (C=O) groups is 1. The van der Waals surface area contributed by atoms with Crippen LogP contribution >= 0.6 is 0 Å². The molecule has 3 aliphatic rings. The number of oxazole rings is 1. The summed E-state index contributed by atoms with van der Waals surface area (Å²) in [7, 11) is 0. The number of hydrogen-bond acceptors (Lipinski definition) is 4. The maximum Gasteiger partial charge on any atom is 0.254 e. The first kappa shape index (κ1) is 19.3. The summed E-state index contributed by atoms with van der Waals surface area (Å²) in [5.74, 6) is 1.50. The Morgan fingerprint density at radius 3 is 2.82 bits per heavy atom. The first-order valence-electron chi connectivity index (χ1n) is 12.0. The van der Waals surface area contributed by atoms with Crippen LogP contribution in [0.5, 0.6) is 0 Å². The number of nitrogens with zero attached hydrogens (tertiary/aromatic N) is 3. The van der Waals surface area contributed by atoms with Gasteiger partial charge in [-0.3, -0.25) is 4.79 Å². The van der Waals surface area contributed by atoms with Crippen molar-refractivity contribution in [1.82, 2.24) is 19.9 Å². The second-order valence-corrected chi connectivity index (χ2v) is 11.0. The van der Waals surface area contributed by atoms with Crippen LogP contribution in [0, 0.1) is 5.41 Å². The van der Waals surface area contributed by atoms with Crippen molar-refractivity contribution in [1.29, 1.82) is 0 Å². The zero-order valence-corrected chi connectivity index (χ0v) is 19.3. The number of benzene rings is 2. The molecule has 1 saturated carbocycles. The average molecular weight is 441 g/mol. The summed E-state index contributed by atoms with van der Waals surface area (Å²) in [6, 6.07) is 10.4. The van der Waals surface area contributed by atoms with Crippen LogP contribution in [0.25, 0.3) is 22.1 Å². The van der Waals surface area contributed by atoms with Crippen molar-refractivity contribution in [3.63, 3.8) is 0 Å². The minimum atomic E-state index is -0.0667. The molecular weight excluding hydrogens is 412 g/mol. The van der Waals surface area contributed by atoms with Crippen LogP contribution in [0.4, 0.5) is 0 Å². The van der Waals surface area contributed by atoms with E-state index in [2.05, 4.69) is 47.8 Å². The zero-order valence-electron chi connectivity index (χ0n) is 19.3. The molecule has 0 radical (unpaired) electrons. The van der Waals surface area contributed by atoms with Gasteiger partial charge in [-0.15, -0.1) is 0 Å². The molecule has 0 unspecified atom stereocenters. The number of amides is 1. The number of fused-ring (bicyclic) bond motifs is 6. The van der Waals surface area contributed by atoms with Gasteiger partial charge in [-0.05, 0) is 72.6 Å². The largest absolute Gasteiger partial charge is 0.440 e. The fourth-order valence-electron chi connectivity index (χ4n) is 6.33. The SMILES string of the molecule is CC1(C)[C@H]2Cc3cc4oc(C5CC5)nc4cc3[C@]1(C)CCN2C(=O)c1ccc2nc[nH]c2c1. The third-order valence-corrected chi connectivity index (χ3v) is 8.98. The third-order valence-electron chi connectivity index (χ3n) is 8.98. The normalized spacial score (nSPS) is 26.0. The molecule has 2 atom stereocenters. The van der Waals surface area contributed by atoms with E-state index in [9.17, 15) is 4.79 Å². The Bertz CT molecular complexity index is 1440. The van der Waals surface area contributed by atoms with Crippen LogP contribution in [0.2, 0.25) is 0 Å². The third kappa shape index (κ3) is 2.58. The van der Waals surface area contributed by atoms with Crippen molar-refractivity contribution in [3.8, 4) is 0 Å². The molecule has 2 bridgehead atoms. The minimum Gasteiger partial charge on any atom is -0.440 e. The molecule has 0 spiro atoms. The number of nitrogens with one attached hydrogen (secondary N) is 1. The van der Waals surface area contributed by atoms with Gasteiger partial charge in [-0.2, -0.15) is 0 Å². The van der Waals surface area contributed by atoms with Crippen LogP contribution in [-0.2, 0) is 11.8 Å². The summed E-state index contributed by atoms with van der Waals surface area (Å²) < 4.78 is 6.14. The number of imidazole rings is 1. The van der Waals surface area contributed by atoms with Crippen molar-refractivity contribution in [3.05, 3.63) is 59.2 Å². The second kappa shape index (κ2) is 6.25. The summed E-state index contributed by atoms with van der Waals surface area (Å²) in [5.41, 5.74) is 6.97. The Kier molecular flexibility index (Phi) is 3.66. The fourth-order valence-corrected chi connectivity index (χ4v) is 6.33. The molecule has 2 aromatic heterocycles. The number of H-pyrrole nitrogens is 1. The minimum absolute atomic E-state index is 0.0256. The van der Waals surface area contributed by atoms with Crippen molar-refractivity contribution in [2.75, 3.05) is 6.54 Å². The molecule has 1 amide bonds. The van der Waals surface area contributed by atoms with E-state index >= 15 is 0 Å². The van der Waals surface area contributed by atoms with Crippen LogP contribution in [0.1, 0.15) is 73.3 Å². The highest BCUT2D eigenvalue weighted by Gasteiger charge is 2.57. The summed E-state index contributed by atoms with van der Waals surface area (Å²) in [5, 5.41) is 0. The van der Waals surface area contributed by atoms with Crippen molar-refractivity contribution >= 4 is 28.0 Å². The summed E-state index contributed by atoms with van der Waals surface area (Å²) in [6.45, 7) is 7.81. The van der Waals surface area contributed by atoms with E-state index in [0.717, 1.165) is 53.0 Å². The van der Waals surface area contributed by atoms with Gasteiger partial charge in [-0.25, -0.2) is 9.97 Å². The van der Waals surface area contributed by atoms with Crippen LogP contribution in [0.15, 0.2) is 41.1 Å². The lowest BCUT2D eigenvalue weighted by Crippen LogP contribution is -2.64. The zero-order chi connectivity index (χ0) is 22.5. The van der Waals surface area contributed by atoms with Crippen molar-refractivity contribution in [2.45, 2.75) is 63.8 Å². The van der Waals surface area contributed by atoms with Gasteiger partial charge in [0.05, 0.1) is 17.4 Å². The van der Waals surface area contributed by atoms with E-state index in [0.29, 0.717) is 5.92 Å². The summed E-state index contributed by atoms with van der Waals surface area (Å²) >= 11 is 0. The number of aromatic nitrogens is 3. The number of rotatable bonds is 2. The molecule has 33 heavy (non-hydrogen) atoms. The molecule has 1 aliphatic heterocycles. The molecule has 1 saturated heterocycles. The topological polar surface area (TPSA) is 75.0 Å². The number of likely N-dealkylation sites (tertiary alicyclic amines) is 1. The lowest BCUT2D eigenvalue weighted by Gasteiger charge is -2.60. The molecule has 3 heterocycles. The quantitative estimate of drug-likeness (QED) is 0.457. The van der Waals surface area contributed by atoms with Gasteiger partial charge in [0, 0.05) is 29.5 Å². The van der Waals surface area contributed by atoms with Gasteiger partial charge in [-0.1, -0.05) is 20.8 Å². The van der Waals surface area contributed by atoms with Gasteiger partial charge in [0.25, 0.3) is 5.91 Å². The first-order chi connectivity index (χ1) is 15.8. The molecule has 2 fully saturated rings. The molecule has 1 N–H and O–H groups in total. The molecule has 168 valence electrons. The Morgan fingerprint density at radius 1 is 1.15 bits per heavy atom.